The Morgan fingerprint density at radius 2 is 1.95 bits per heavy atom. The van der Waals surface area contributed by atoms with E-state index in [1.807, 2.05) is 6.20 Å². The van der Waals surface area contributed by atoms with Crippen molar-refractivity contribution in [2.45, 2.75) is 13.0 Å². The van der Waals surface area contributed by atoms with Crippen molar-refractivity contribution in [1.29, 1.82) is 0 Å². The van der Waals surface area contributed by atoms with Crippen LogP contribution in [0.15, 0.2) is 48.9 Å². The molecule has 0 spiro atoms. The third-order valence-corrected chi connectivity index (χ3v) is 3.50. The maximum absolute atomic E-state index is 5.80. The van der Waals surface area contributed by atoms with Crippen LogP contribution in [0.5, 0.6) is 0 Å². The molecule has 0 aliphatic carbocycles. The van der Waals surface area contributed by atoms with Gasteiger partial charge < -0.3 is 16.0 Å². The molecule has 1 aromatic heterocycles. The minimum atomic E-state index is 0.564. The first-order chi connectivity index (χ1) is 9.88. The minimum absolute atomic E-state index is 0.564. The Morgan fingerprint density at radius 1 is 1.10 bits per heavy atom. The number of hydrogen-bond acceptors (Lipinski definition) is 3. The van der Waals surface area contributed by atoms with Gasteiger partial charge in [0, 0.05) is 42.5 Å². The number of rotatable bonds is 5. The summed E-state index contributed by atoms with van der Waals surface area (Å²) in [7, 11) is 0. The number of benzene rings is 2. The van der Waals surface area contributed by atoms with Gasteiger partial charge in [-0.2, -0.15) is 0 Å². The first-order valence-corrected chi connectivity index (χ1v) is 6.80. The summed E-state index contributed by atoms with van der Waals surface area (Å²) in [4.78, 5) is 7.13. The fraction of sp³-hybridized carbons (Fsp3) is 0.188. The Labute approximate surface area is 118 Å². The third kappa shape index (κ3) is 2.51. The van der Waals surface area contributed by atoms with E-state index in [1.165, 1.54) is 16.3 Å². The lowest BCUT2D eigenvalue weighted by molar-refractivity contribution is 0.978. The van der Waals surface area contributed by atoms with Gasteiger partial charge in [-0.05, 0) is 17.0 Å². The number of aromatic amines is 1. The lowest BCUT2D eigenvalue weighted by atomic mass is 10.0. The van der Waals surface area contributed by atoms with Crippen LogP contribution >= 0.6 is 0 Å². The summed E-state index contributed by atoms with van der Waals surface area (Å²) in [5, 5.41) is 5.93. The molecule has 1 heterocycles. The van der Waals surface area contributed by atoms with Crippen molar-refractivity contribution in [3.05, 3.63) is 60.2 Å². The van der Waals surface area contributed by atoms with Gasteiger partial charge in [0.15, 0.2) is 0 Å². The van der Waals surface area contributed by atoms with Gasteiger partial charge in [-0.25, -0.2) is 4.98 Å². The van der Waals surface area contributed by atoms with E-state index in [-0.39, 0.29) is 0 Å². The number of imidazole rings is 1. The highest BCUT2D eigenvalue weighted by atomic mass is 14.9. The van der Waals surface area contributed by atoms with Crippen molar-refractivity contribution in [1.82, 2.24) is 9.97 Å². The van der Waals surface area contributed by atoms with E-state index in [0.29, 0.717) is 6.54 Å². The molecule has 0 saturated heterocycles. The molecule has 0 unspecified atom stereocenters. The molecule has 4 nitrogen and oxygen atoms in total. The molecule has 0 atom stereocenters. The quantitative estimate of drug-likeness (QED) is 0.665. The van der Waals surface area contributed by atoms with Gasteiger partial charge >= 0.3 is 0 Å². The van der Waals surface area contributed by atoms with Crippen LogP contribution in [0.1, 0.15) is 11.3 Å². The third-order valence-electron chi connectivity index (χ3n) is 3.50. The largest absolute Gasteiger partial charge is 0.384 e. The number of anilines is 1. The van der Waals surface area contributed by atoms with E-state index in [0.717, 1.165) is 24.3 Å². The second-order valence-corrected chi connectivity index (χ2v) is 4.78. The van der Waals surface area contributed by atoms with Crippen LogP contribution in [0, 0.1) is 0 Å². The molecule has 0 radical (unpaired) electrons. The lowest BCUT2D eigenvalue weighted by Crippen LogP contribution is -2.06. The Kier molecular flexibility index (Phi) is 3.65. The SMILES string of the molecule is NCc1cccc2c(NCCc3cnc[nH]3)cccc12. The molecule has 0 bridgehead atoms. The summed E-state index contributed by atoms with van der Waals surface area (Å²) >= 11 is 0. The zero-order valence-electron chi connectivity index (χ0n) is 11.3. The summed E-state index contributed by atoms with van der Waals surface area (Å²) in [5.41, 5.74) is 9.27. The van der Waals surface area contributed by atoms with Crippen molar-refractivity contribution in [3.63, 3.8) is 0 Å². The van der Waals surface area contributed by atoms with E-state index in [9.17, 15) is 0 Å². The number of aromatic nitrogens is 2. The number of H-pyrrole nitrogens is 1. The molecular weight excluding hydrogens is 248 g/mol. The molecular formula is C16H18N4. The predicted octanol–water partition coefficient (Wildman–Crippen LogP) is 2.68. The maximum atomic E-state index is 5.80. The standard InChI is InChI=1S/C16H18N4/c17-9-12-3-1-5-15-14(12)4-2-6-16(15)19-8-7-13-10-18-11-20-13/h1-6,10-11,19H,7-9,17H2,(H,18,20). The van der Waals surface area contributed by atoms with Crippen LogP contribution in [0.3, 0.4) is 0 Å². The monoisotopic (exact) mass is 266 g/mol. The van der Waals surface area contributed by atoms with Crippen LogP contribution < -0.4 is 11.1 Å². The topological polar surface area (TPSA) is 66.7 Å². The summed E-state index contributed by atoms with van der Waals surface area (Å²) < 4.78 is 0. The van der Waals surface area contributed by atoms with Crippen molar-refractivity contribution >= 4 is 16.5 Å². The molecule has 0 fully saturated rings. The predicted molar refractivity (Wildman–Crippen MR) is 82.6 cm³/mol. The fourth-order valence-electron chi connectivity index (χ4n) is 2.46. The zero-order chi connectivity index (χ0) is 13.8. The van der Waals surface area contributed by atoms with Crippen LogP contribution in [0.4, 0.5) is 5.69 Å². The van der Waals surface area contributed by atoms with Gasteiger partial charge in [-0.3, -0.25) is 0 Å². The zero-order valence-corrected chi connectivity index (χ0v) is 11.3. The van der Waals surface area contributed by atoms with Gasteiger partial charge in [0.2, 0.25) is 0 Å². The minimum Gasteiger partial charge on any atom is -0.384 e. The number of nitrogens with one attached hydrogen (secondary N) is 2. The first-order valence-electron chi connectivity index (χ1n) is 6.80. The highest BCUT2D eigenvalue weighted by Gasteiger charge is 2.03. The molecule has 4 N–H and O–H groups in total. The van der Waals surface area contributed by atoms with Gasteiger partial charge in [0.1, 0.15) is 0 Å². The van der Waals surface area contributed by atoms with Gasteiger partial charge in [0.25, 0.3) is 0 Å². The molecule has 102 valence electrons. The molecule has 3 aromatic rings. The highest BCUT2D eigenvalue weighted by molar-refractivity contribution is 5.95. The molecule has 3 rings (SSSR count). The number of nitrogens with zero attached hydrogens (tertiary/aromatic N) is 1. The summed E-state index contributed by atoms with van der Waals surface area (Å²) in [6.07, 6.45) is 4.49. The van der Waals surface area contributed by atoms with Crippen molar-refractivity contribution in [2.75, 3.05) is 11.9 Å². The van der Waals surface area contributed by atoms with E-state index in [4.69, 9.17) is 5.73 Å². The van der Waals surface area contributed by atoms with E-state index < -0.39 is 0 Å². The van der Waals surface area contributed by atoms with Crippen LogP contribution in [0.2, 0.25) is 0 Å². The van der Waals surface area contributed by atoms with Crippen molar-refractivity contribution in [2.24, 2.45) is 5.73 Å². The van der Waals surface area contributed by atoms with Crippen LogP contribution in [-0.4, -0.2) is 16.5 Å². The summed E-state index contributed by atoms with van der Waals surface area (Å²) in [6, 6.07) is 12.6. The average Bonchev–Trinajstić information content (AvgIpc) is 3.00. The summed E-state index contributed by atoms with van der Waals surface area (Å²) in [5.74, 6) is 0. The van der Waals surface area contributed by atoms with Crippen LogP contribution in [-0.2, 0) is 13.0 Å². The second-order valence-electron chi connectivity index (χ2n) is 4.78. The molecule has 0 saturated carbocycles. The van der Waals surface area contributed by atoms with E-state index in [1.54, 1.807) is 6.33 Å². The Bertz CT molecular complexity index is 689. The molecule has 2 aromatic carbocycles. The lowest BCUT2D eigenvalue weighted by Gasteiger charge is -2.11. The van der Waals surface area contributed by atoms with Crippen LogP contribution in [0.25, 0.3) is 10.8 Å². The molecule has 4 heteroatoms. The number of nitrogens with two attached hydrogens (primary N) is 1. The number of fused-ring (bicyclic) bond motifs is 1. The smallest absolute Gasteiger partial charge is 0.0921 e. The van der Waals surface area contributed by atoms with Crippen molar-refractivity contribution in [3.8, 4) is 0 Å². The Morgan fingerprint density at radius 3 is 2.75 bits per heavy atom. The average molecular weight is 266 g/mol. The van der Waals surface area contributed by atoms with Gasteiger partial charge in [-0.15, -0.1) is 0 Å². The Balaban J connectivity index is 1.81. The maximum Gasteiger partial charge on any atom is 0.0921 e. The molecule has 0 aliphatic rings. The fourth-order valence-corrected chi connectivity index (χ4v) is 2.46. The highest BCUT2D eigenvalue weighted by Crippen LogP contribution is 2.25. The first kappa shape index (κ1) is 12.7. The molecule has 20 heavy (non-hydrogen) atoms. The normalized spacial score (nSPS) is 10.8. The van der Waals surface area contributed by atoms with E-state index >= 15 is 0 Å². The van der Waals surface area contributed by atoms with Gasteiger partial charge in [-0.1, -0.05) is 30.3 Å². The molecule has 0 amide bonds. The summed E-state index contributed by atoms with van der Waals surface area (Å²) in [6.45, 7) is 1.43. The molecule has 0 aliphatic heterocycles. The van der Waals surface area contributed by atoms with Crippen molar-refractivity contribution < 1.29 is 0 Å². The number of hydrogen-bond donors (Lipinski definition) is 3. The van der Waals surface area contributed by atoms with Gasteiger partial charge in [0.05, 0.1) is 6.33 Å². The second kappa shape index (κ2) is 5.75. The van der Waals surface area contributed by atoms with E-state index in [2.05, 4.69) is 51.7 Å². The Hall–Kier alpha value is -2.33.